The van der Waals surface area contributed by atoms with E-state index in [4.69, 9.17) is 0 Å². The molecule has 100 valence electrons. The topological polar surface area (TPSA) is 36.5 Å². The lowest BCUT2D eigenvalue weighted by molar-refractivity contribution is -0.984. The zero-order chi connectivity index (χ0) is 12.1. The highest BCUT2D eigenvalue weighted by Crippen LogP contribution is 2.12. The van der Waals surface area contributed by atoms with Gasteiger partial charge >= 0.3 is 0 Å². The number of piperidine rings is 1. The van der Waals surface area contributed by atoms with Crippen molar-refractivity contribution in [2.75, 3.05) is 39.3 Å². The molecule has 17 heavy (non-hydrogen) atoms. The summed E-state index contributed by atoms with van der Waals surface area (Å²) in [6.07, 6.45) is 8.64. The first kappa shape index (κ1) is 13.3. The van der Waals surface area contributed by atoms with Gasteiger partial charge in [0.1, 0.15) is 6.54 Å². The molecule has 2 saturated heterocycles. The van der Waals surface area contributed by atoms with Crippen molar-refractivity contribution < 1.29 is 15.5 Å². The van der Waals surface area contributed by atoms with Gasteiger partial charge in [0.05, 0.1) is 45.6 Å². The Morgan fingerprint density at radius 1 is 0.941 bits per heavy atom. The fourth-order valence-electron chi connectivity index (χ4n) is 3.90. The van der Waals surface area contributed by atoms with Crippen LogP contribution in [-0.2, 0) is 0 Å². The number of nitrogens with one attached hydrogen (secondary N) is 2. The minimum atomic E-state index is 0.545. The first-order valence-electron chi connectivity index (χ1n) is 7.79. The van der Waals surface area contributed by atoms with Gasteiger partial charge in [-0.1, -0.05) is 0 Å². The molecule has 3 heteroatoms. The van der Waals surface area contributed by atoms with E-state index < -0.39 is 0 Å². The Bertz CT molecular complexity index is 214. The maximum atomic E-state index is 4.31. The fraction of sp³-hybridized carbons (Fsp3) is 1.00. The van der Waals surface area contributed by atoms with Gasteiger partial charge in [0.2, 0.25) is 0 Å². The van der Waals surface area contributed by atoms with Crippen LogP contribution in [-0.4, -0.2) is 44.8 Å². The van der Waals surface area contributed by atoms with Crippen LogP contribution in [0.3, 0.4) is 0 Å². The van der Waals surface area contributed by atoms with Crippen LogP contribution in [0.2, 0.25) is 0 Å². The van der Waals surface area contributed by atoms with E-state index in [0.29, 0.717) is 5.54 Å². The predicted molar refractivity (Wildman–Crippen MR) is 70.1 cm³/mol. The van der Waals surface area contributed by atoms with Crippen molar-refractivity contribution in [1.82, 2.24) is 0 Å². The molecule has 2 aliphatic rings. The van der Waals surface area contributed by atoms with Crippen molar-refractivity contribution in [3.05, 3.63) is 0 Å². The third-order valence-corrected chi connectivity index (χ3v) is 5.35. The van der Waals surface area contributed by atoms with Gasteiger partial charge < -0.3 is 15.5 Å². The Morgan fingerprint density at radius 3 is 2.00 bits per heavy atom. The highest BCUT2D eigenvalue weighted by Gasteiger charge is 2.45. The van der Waals surface area contributed by atoms with Gasteiger partial charge in [-0.25, -0.2) is 0 Å². The Hall–Kier alpha value is -0.120. The zero-order valence-corrected chi connectivity index (χ0v) is 11.7. The standard InChI is InChI=1S/C14H29N3/c1-2-16-11-7-14(13-15,8-12-16)17-9-5-3-4-6-10-17/h2-13,15H2,1H3/p+3. The second-order valence-corrected chi connectivity index (χ2v) is 6.15. The molecule has 0 radical (unpaired) electrons. The summed E-state index contributed by atoms with van der Waals surface area (Å²) in [5.74, 6) is 0. The molecular formula is C14H32N3+3. The second kappa shape index (κ2) is 6.17. The Morgan fingerprint density at radius 2 is 1.53 bits per heavy atom. The van der Waals surface area contributed by atoms with Gasteiger partial charge in [-0.2, -0.15) is 0 Å². The van der Waals surface area contributed by atoms with Crippen LogP contribution in [0.15, 0.2) is 0 Å². The molecule has 0 amide bonds. The third kappa shape index (κ3) is 3.01. The summed E-state index contributed by atoms with van der Waals surface area (Å²) in [4.78, 5) is 3.71. The molecule has 2 heterocycles. The zero-order valence-electron chi connectivity index (χ0n) is 11.7. The minimum absolute atomic E-state index is 0.545. The van der Waals surface area contributed by atoms with E-state index in [9.17, 15) is 0 Å². The second-order valence-electron chi connectivity index (χ2n) is 6.15. The van der Waals surface area contributed by atoms with Crippen LogP contribution in [0.25, 0.3) is 0 Å². The lowest BCUT2D eigenvalue weighted by atomic mass is 9.85. The first-order chi connectivity index (χ1) is 8.30. The summed E-state index contributed by atoms with van der Waals surface area (Å²) in [5.41, 5.74) is 4.85. The molecule has 0 spiro atoms. The molecule has 0 aromatic carbocycles. The van der Waals surface area contributed by atoms with Crippen molar-refractivity contribution >= 4 is 0 Å². The summed E-state index contributed by atoms with van der Waals surface area (Å²) in [5, 5.41) is 0. The SMILES string of the molecule is CC[NH+]1CCC(C[NH3+])([NH+]2CCCCCC2)CC1. The molecule has 2 fully saturated rings. The Balaban J connectivity index is 1.98. The maximum Gasteiger partial charge on any atom is 0.158 e. The monoisotopic (exact) mass is 242 g/mol. The van der Waals surface area contributed by atoms with E-state index in [-0.39, 0.29) is 0 Å². The number of hydrogen-bond donors (Lipinski definition) is 3. The van der Waals surface area contributed by atoms with Crippen LogP contribution in [0.4, 0.5) is 0 Å². The highest BCUT2D eigenvalue weighted by atomic mass is 15.2. The van der Waals surface area contributed by atoms with Gasteiger partial charge in [0, 0.05) is 0 Å². The summed E-state index contributed by atoms with van der Waals surface area (Å²) < 4.78 is 0. The molecule has 3 nitrogen and oxygen atoms in total. The molecule has 0 saturated carbocycles. The fourth-order valence-corrected chi connectivity index (χ4v) is 3.90. The lowest BCUT2D eigenvalue weighted by Crippen LogP contribution is -3.25. The first-order valence-corrected chi connectivity index (χ1v) is 7.79. The molecule has 2 rings (SSSR count). The van der Waals surface area contributed by atoms with E-state index in [1.165, 1.54) is 71.2 Å². The minimum Gasteiger partial charge on any atom is -0.352 e. The summed E-state index contributed by atoms with van der Waals surface area (Å²) in [6, 6.07) is 0. The van der Waals surface area contributed by atoms with E-state index >= 15 is 0 Å². The molecule has 0 atom stereocenters. The van der Waals surface area contributed by atoms with Crippen LogP contribution in [0.5, 0.6) is 0 Å². The van der Waals surface area contributed by atoms with Crippen molar-refractivity contribution in [3.63, 3.8) is 0 Å². The summed E-state index contributed by atoms with van der Waals surface area (Å²) >= 11 is 0. The largest absolute Gasteiger partial charge is 0.352 e. The van der Waals surface area contributed by atoms with E-state index in [2.05, 4.69) is 12.7 Å². The van der Waals surface area contributed by atoms with E-state index in [0.717, 1.165) is 6.54 Å². The molecule has 5 N–H and O–H groups in total. The molecule has 0 aromatic heterocycles. The van der Waals surface area contributed by atoms with E-state index in [1.54, 1.807) is 0 Å². The number of rotatable bonds is 3. The number of hydrogen-bond acceptors (Lipinski definition) is 0. The lowest BCUT2D eigenvalue weighted by Gasteiger charge is -2.42. The molecule has 2 aliphatic heterocycles. The highest BCUT2D eigenvalue weighted by molar-refractivity contribution is 4.80. The van der Waals surface area contributed by atoms with E-state index in [1.807, 2.05) is 9.80 Å². The van der Waals surface area contributed by atoms with Crippen LogP contribution in [0.1, 0.15) is 45.4 Å². The average Bonchev–Trinajstić information content (AvgIpc) is 2.68. The summed E-state index contributed by atoms with van der Waals surface area (Å²) in [7, 11) is 0. The van der Waals surface area contributed by atoms with Crippen LogP contribution in [0, 0.1) is 0 Å². The van der Waals surface area contributed by atoms with Gasteiger partial charge in [0.25, 0.3) is 0 Å². The third-order valence-electron chi connectivity index (χ3n) is 5.35. The van der Waals surface area contributed by atoms with Crippen molar-refractivity contribution in [2.24, 2.45) is 0 Å². The van der Waals surface area contributed by atoms with Crippen LogP contribution >= 0.6 is 0 Å². The van der Waals surface area contributed by atoms with Crippen LogP contribution < -0.4 is 15.5 Å². The molecule has 0 aliphatic carbocycles. The number of quaternary nitrogens is 3. The molecular weight excluding hydrogens is 210 g/mol. The number of likely N-dealkylation sites (tertiary alicyclic amines) is 2. The normalized spacial score (nSPS) is 36.7. The average molecular weight is 242 g/mol. The maximum absolute atomic E-state index is 4.31. The predicted octanol–water partition coefficient (Wildman–Crippen LogP) is -1.88. The van der Waals surface area contributed by atoms with Gasteiger partial charge in [0.15, 0.2) is 5.54 Å². The Kier molecular flexibility index (Phi) is 4.83. The van der Waals surface area contributed by atoms with Crippen molar-refractivity contribution in [3.8, 4) is 0 Å². The Labute approximate surface area is 106 Å². The smallest absolute Gasteiger partial charge is 0.158 e. The summed E-state index contributed by atoms with van der Waals surface area (Å²) in [6.45, 7) is 10.4. The quantitative estimate of drug-likeness (QED) is 0.518. The molecule has 0 unspecified atom stereocenters. The van der Waals surface area contributed by atoms with Gasteiger partial charge in [-0.3, -0.25) is 0 Å². The van der Waals surface area contributed by atoms with Crippen molar-refractivity contribution in [2.45, 2.75) is 51.0 Å². The van der Waals surface area contributed by atoms with Gasteiger partial charge in [-0.05, 0) is 32.6 Å². The molecule has 0 aromatic rings. The van der Waals surface area contributed by atoms with Gasteiger partial charge in [-0.15, -0.1) is 0 Å². The van der Waals surface area contributed by atoms with Crippen molar-refractivity contribution in [1.29, 1.82) is 0 Å². The molecule has 0 bridgehead atoms.